The second-order valence-corrected chi connectivity index (χ2v) is 5.36. The molecule has 1 aromatic rings. The van der Waals surface area contributed by atoms with Crippen molar-refractivity contribution in [3.63, 3.8) is 0 Å². The fourth-order valence-corrected chi connectivity index (χ4v) is 2.68. The van der Waals surface area contributed by atoms with E-state index < -0.39 is 5.97 Å². The minimum Gasteiger partial charge on any atom is -0.478 e. The third-order valence-corrected chi connectivity index (χ3v) is 3.93. The first-order chi connectivity index (χ1) is 8.97. The number of rotatable bonds is 3. The molecule has 1 aromatic heterocycles. The Morgan fingerprint density at radius 3 is 3.00 bits per heavy atom. The minimum absolute atomic E-state index is 0.0800. The lowest BCUT2D eigenvalue weighted by molar-refractivity contribution is -0.00480. The van der Waals surface area contributed by atoms with Crippen LogP contribution in [0.4, 0.5) is 5.82 Å². The van der Waals surface area contributed by atoms with Gasteiger partial charge in [-0.15, -0.1) is 0 Å². The maximum Gasteiger partial charge on any atom is 0.337 e. The summed E-state index contributed by atoms with van der Waals surface area (Å²) in [7, 11) is 1.69. The summed E-state index contributed by atoms with van der Waals surface area (Å²) in [5.74, 6) is -0.523. The Morgan fingerprint density at radius 2 is 2.37 bits per heavy atom. The number of ether oxygens (including phenoxy) is 1. The molecule has 0 spiro atoms. The van der Waals surface area contributed by atoms with Gasteiger partial charge in [0.2, 0.25) is 0 Å². The summed E-state index contributed by atoms with van der Waals surface area (Å²) < 4.78 is 5.52. The lowest BCUT2D eigenvalue weighted by Gasteiger charge is -2.40. The molecule has 1 fully saturated rings. The van der Waals surface area contributed by atoms with Crippen LogP contribution >= 0.6 is 11.6 Å². The van der Waals surface area contributed by atoms with Gasteiger partial charge in [-0.3, -0.25) is 0 Å². The number of anilines is 1. The van der Waals surface area contributed by atoms with Crippen LogP contribution in [0.3, 0.4) is 0 Å². The maximum absolute atomic E-state index is 11.1. The Balaban J connectivity index is 2.32. The monoisotopic (exact) mass is 284 g/mol. The summed E-state index contributed by atoms with van der Waals surface area (Å²) >= 11 is 6.15. The lowest BCUT2D eigenvalue weighted by Crippen LogP contribution is -2.47. The number of halogens is 1. The van der Waals surface area contributed by atoms with Crippen LogP contribution < -0.4 is 4.90 Å². The predicted octanol–water partition coefficient (Wildman–Crippen LogP) is 2.44. The number of pyridine rings is 1. The molecule has 2 rings (SSSR count). The van der Waals surface area contributed by atoms with E-state index in [1.165, 1.54) is 12.3 Å². The molecule has 1 N–H and O–H groups in total. The average Bonchev–Trinajstić information content (AvgIpc) is 2.38. The molecule has 104 valence electrons. The number of hydrogen-bond acceptors (Lipinski definition) is 4. The van der Waals surface area contributed by atoms with E-state index in [1.54, 1.807) is 7.11 Å². The molecule has 19 heavy (non-hydrogen) atoms. The second-order valence-electron chi connectivity index (χ2n) is 4.98. The van der Waals surface area contributed by atoms with Gasteiger partial charge in [0.25, 0.3) is 0 Å². The van der Waals surface area contributed by atoms with Crippen LogP contribution in [0.2, 0.25) is 5.02 Å². The van der Waals surface area contributed by atoms with Crippen molar-refractivity contribution >= 4 is 23.4 Å². The highest BCUT2D eigenvalue weighted by molar-refractivity contribution is 6.35. The highest BCUT2D eigenvalue weighted by atomic mass is 35.5. The first-order valence-corrected chi connectivity index (χ1v) is 6.52. The van der Waals surface area contributed by atoms with Gasteiger partial charge in [-0.1, -0.05) is 11.6 Å². The van der Waals surface area contributed by atoms with Crippen molar-refractivity contribution < 1.29 is 14.6 Å². The first kappa shape index (κ1) is 14.1. The van der Waals surface area contributed by atoms with E-state index in [-0.39, 0.29) is 16.2 Å². The molecule has 5 nitrogen and oxygen atoms in total. The number of hydrogen-bond donors (Lipinski definition) is 1. The molecule has 1 saturated heterocycles. The van der Waals surface area contributed by atoms with E-state index in [4.69, 9.17) is 21.4 Å². The summed E-state index contributed by atoms with van der Waals surface area (Å²) in [6, 6.07) is 1.41. The maximum atomic E-state index is 11.1. The molecular weight excluding hydrogens is 268 g/mol. The summed E-state index contributed by atoms with van der Waals surface area (Å²) in [6.07, 6.45) is 3.40. The molecule has 0 bridgehead atoms. The number of carbonyl (C=O) groups is 1. The molecule has 0 aromatic carbocycles. The van der Waals surface area contributed by atoms with E-state index in [1.807, 2.05) is 11.8 Å². The van der Waals surface area contributed by atoms with Crippen molar-refractivity contribution in [2.24, 2.45) is 0 Å². The third kappa shape index (κ3) is 2.82. The minimum atomic E-state index is -1.04. The smallest absolute Gasteiger partial charge is 0.337 e. The fraction of sp³-hybridized carbons (Fsp3) is 0.538. The highest BCUT2D eigenvalue weighted by Crippen LogP contribution is 2.32. The summed E-state index contributed by atoms with van der Waals surface area (Å²) in [6.45, 7) is 3.49. The van der Waals surface area contributed by atoms with E-state index in [2.05, 4.69) is 4.98 Å². The van der Waals surface area contributed by atoms with Crippen LogP contribution in [0.5, 0.6) is 0 Å². The molecule has 1 atom stereocenters. The SMILES string of the molecule is COC1(C)CCCN(c2nccc(C(=O)O)c2Cl)C1. The van der Waals surface area contributed by atoms with Gasteiger partial charge in [-0.2, -0.15) is 0 Å². The number of methoxy groups -OCH3 is 1. The summed E-state index contributed by atoms with van der Waals surface area (Å²) in [5, 5.41) is 9.27. The van der Waals surface area contributed by atoms with Crippen molar-refractivity contribution in [1.29, 1.82) is 0 Å². The Morgan fingerprint density at radius 1 is 1.63 bits per heavy atom. The van der Waals surface area contributed by atoms with Gasteiger partial charge >= 0.3 is 5.97 Å². The van der Waals surface area contributed by atoms with Gasteiger partial charge in [0.15, 0.2) is 0 Å². The van der Waals surface area contributed by atoms with Gasteiger partial charge < -0.3 is 14.7 Å². The van der Waals surface area contributed by atoms with E-state index >= 15 is 0 Å². The lowest BCUT2D eigenvalue weighted by atomic mass is 9.94. The molecule has 1 aliphatic heterocycles. The van der Waals surface area contributed by atoms with Crippen LogP contribution in [0.1, 0.15) is 30.1 Å². The standard InChI is InChI=1S/C13H17ClN2O3/c1-13(19-2)5-3-7-16(8-13)11-10(14)9(12(17)18)4-6-15-11/h4,6H,3,5,7-8H2,1-2H3,(H,17,18). The zero-order valence-corrected chi connectivity index (χ0v) is 11.8. The molecule has 0 aliphatic carbocycles. The molecule has 1 aliphatic rings. The number of nitrogens with zero attached hydrogens (tertiary/aromatic N) is 2. The van der Waals surface area contributed by atoms with Crippen molar-refractivity contribution in [1.82, 2.24) is 4.98 Å². The highest BCUT2D eigenvalue weighted by Gasteiger charge is 2.32. The second kappa shape index (κ2) is 5.35. The zero-order valence-electron chi connectivity index (χ0n) is 11.0. The van der Waals surface area contributed by atoms with Crippen LogP contribution in [0.25, 0.3) is 0 Å². The van der Waals surface area contributed by atoms with E-state index in [9.17, 15) is 4.79 Å². The van der Waals surface area contributed by atoms with Gasteiger partial charge in [0.1, 0.15) is 5.82 Å². The first-order valence-electron chi connectivity index (χ1n) is 6.15. The Labute approximate surface area is 117 Å². The van der Waals surface area contributed by atoms with Crippen molar-refractivity contribution in [3.05, 3.63) is 22.8 Å². The molecule has 2 heterocycles. The summed E-state index contributed by atoms with van der Waals surface area (Å²) in [4.78, 5) is 17.3. The number of aromatic carboxylic acids is 1. The van der Waals surface area contributed by atoms with Crippen molar-refractivity contribution in [2.45, 2.75) is 25.4 Å². The third-order valence-electron chi connectivity index (χ3n) is 3.55. The average molecular weight is 285 g/mol. The van der Waals surface area contributed by atoms with Crippen LogP contribution in [-0.2, 0) is 4.74 Å². The topological polar surface area (TPSA) is 62.7 Å². The quantitative estimate of drug-likeness (QED) is 0.924. The van der Waals surface area contributed by atoms with Gasteiger partial charge in [-0.25, -0.2) is 9.78 Å². The number of carboxylic acid groups (broad SMARTS) is 1. The number of carboxylic acids is 1. The van der Waals surface area contributed by atoms with Crippen molar-refractivity contribution in [3.8, 4) is 0 Å². The summed E-state index contributed by atoms with van der Waals surface area (Å²) in [5.41, 5.74) is -0.168. The van der Waals surface area contributed by atoms with Crippen molar-refractivity contribution in [2.75, 3.05) is 25.1 Å². The van der Waals surface area contributed by atoms with E-state index in [0.717, 1.165) is 19.4 Å². The molecule has 0 amide bonds. The zero-order chi connectivity index (χ0) is 14.0. The molecule has 0 saturated carbocycles. The fourth-order valence-electron chi connectivity index (χ4n) is 2.37. The predicted molar refractivity (Wildman–Crippen MR) is 73.1 cm³/mol. The molecule has 6 heteroatoms. The van der Waals surface area contributed by atoms with Crippen LogP contribution in [-0.4, -0.2) is 41.9 Å². The Hall–Kier alpha value is -1.33. The largest absolute Gasteiger partial charge is 0.478 e. The van der Waals surface area contributed by atoms with Gasteiger partial charge in [0, 0.05) is 26.4 Å². The molecule has 0 radical (unpaired) electrons. The Kier molecular flexibility index (Phi) is 3.96. The van der Waals surface area contributed by atoms with Gasteiger partial charge in [-0.05, 0) is 25.8 Å². The van der Waals surface area contributed by atoms with Crippen LogP contribution in [0.15, 0.2) is 12.3 Å². The Bertz CT molecular complexity index is 495. The van der Waals surface area contributed by atoms with Crippen LogP contribution in [0, 0.1) is 0 Å². The van der Waals surface area contributed by atoms with Gasteiger partial charge in [0.05, 0.1) is 16.2 Å². The molecular formula is C13H17ClN2O3. The molecule has 1 unspecified atom stereocenters. The number of aromatic nitrogens is 1. The number of piperidine rings is 1. The normalized spacial score (nSPS) is 23.4. The van der Waals surface area contributed by atoms with E-state index in [0.29, 0.717) is 12.4 Å².